The van der Waals surface area contributed by atoms with Crippen LogP contribution in [0.25, 0.3) is 11.1 Å². The number of alkyl carbamates (subject to hydrolysis) is 1. The molecule has 176 valence electrons. The first-order valence-corrected chi connectivity index (χ1v) is 11.5. The molecule has 3 rings (SSSR count). The highest BCUT2D eigenvalue weighted by atomic mass is 16.5. The predicted octanol–water partition coefficient (Wildman–Crippen LogP) is 4.45. The molecule has 33 heavy (non-hydrogen) atoms. The van der Waals surface area contributed by atoms with Crippen molar-refractivity contribution < 1.29 is 24.2 Å². The largest absolute Gasteiger partial charge is 0.481 e. The maximum absolute atomic E-state index is 12.6. The van der Waals surface area contributed by atoms with Crippen molar-refractivity contribution >= 4 is 18.0 Å². The van der Waals surface area contributed by atoms with Gasteiger partial charge in [0.05, 0.1) is 6.42 Å². The van der Waals surface area contributed by atoms with Gasteiger partial charge in [0.2, 0.25) is 5.91 Å². The molecule has 2 aromatic carbocycles. The lowest BCUT2D eigenvalue weighted by molar-refractivity contribution is -0.137. The van der Waals surface area contributed by atoms with E-state index in [1.165, 1.54) is 0 Å². The molecule has 7 nitrogen and oxygen atoms in total. The van der Waals surface area contributed by atoms with E-state index in [-0.39, 0.29) is 37.3 Å². The van der Waals surface area contributed by atoms with Gasteiger partial charge in [0, 0.05) is 24.4 Å². The smallest absolute Gasteiger partial charge is 0.407 e. The molecular weight excluding hydrogens is 420 g/mol. The molecule has 0 spiro atoms. The van der Waals surface area contributed by atoms with E-state index in [4.69, 9.17) is 9.84 Å². The Hall–Kier alpha value is -3.35. The molecule has 1 unspecified atom stereocenters. The van der Waals surface area contributed by atoms with E-state index < -0.39 is 18.1 Å². The van der Waals surface area contributed by atoms with Gasteiger partial charge < -0.3 is 20.5 Å². The van der Waals surface area contributed by atoms with Crippen molar-refractivity contribution in [2.24, 2.45) is 0 Å². The van der Waals surface area contributed by atoms with Gasteiger partial charge in [-0.2, -0.15) is 0 Å². The molecule has 0 fully saturated rings. The summed E-state index contributed by atoms with van der Waals surface area (Å²) in [6, 6.07) is 15.4. The minimum absolute atomic E-state index is 0.0302. The highest BCUT2D eigenvalue weighted by Crippen LogP contribution is 2.44. The first-order chi connectivity index (χ1) is 15.9. The molecule has 2 amide bonds. The second-order valence-electron chi connectivity index (χ2n) is 8.58. The van der Waals surface area contributed by atoms with E-state index in [1.54, 1.807) is 6.92 Å². The number of fused-ring (bicyclic) bond motifs is 3. The summed E-state index contributed by atoms with van der Waals surface area (Å²) >= 11 is 0. The van der Waals surface area contributed by atoms with Gasteiger partial charge in [-0.25, -0.2) is 4.79 Å². The second-order valence-corrected chi connectivity index (χ2v) is 8.58. The number of hydrogen-bond acceptors (Lipinski definition) is 4. The Labute approximate surface area is 194 Å². The Bertz CT molecular complexity index is 945. The van der Waals surface area contributed by atoms with E-state index in [2.05, 4.69) is 34.9 Å². The molecule has 1 aliphatic rings. The number of carboxylic acid groups (broad SMARTS) is 1. The van der Waals surface area contributed by atoms with Crippen molar-refractivity contribution in [3.05, 3.63) is 59.7 Å². The van der Waals surface area contributed by atoms with E-state index in [0.29, 0.717) is 6.42 Å². The summed E-state index contributed by atoms with van der Waals surface area (Å²) in [6.45, 7) is 3.90. The third-order valence-corrected chi connectivity index (χ3v) is 5.89. The van der Waals surface area contributed by atoms with Crippen LogP contribution in [0.2, 0.25) is 0 Å². The second kappa shape index (κ2) is 11.5. The number of carboxylic acids is 1. The summed E-state index contributed by atoms with van der Waals surface area (Å²) in [4.78, 5) is 35.7. The van der Waals surface area contributed by atoms with E-state index >= 15 is 0 Å². The van der Waals surface area contributed by atoms with Crippen molar-refractivity contribution in [1.29, 1.82) is 0 Å². The van der Waals surface area contributed by atoms with Crippen LogP contribution in [0.15, 0.2) is 48.5 Å². The van der Waals surface area contributed by atoms with Crippen molar-refractivity contribution in [3.63, 3.8) is 0 Å². The quantitative estimate of drug-likeness (QED) is 0.467. The molecule has 0 heterocycles. The Balaban J connectivity index is 1.58. The highest BCUT2D eigenvalue weighted by molar-refractivity contribution is 5.80. The van der Waals surface area contributed by atoms with Gasteiger partial charge in [0.25, 0.3) is 0 Å². The maximum Gasteiger partial charge on any atom is 0.407 e. The zero-order chi connectivity index (χ0) is 23.8. The van der Waals surface area contributed by atoms with Crippen LogP contribution < -0.4 is 10.6 Å². The fourth-order valence-corrected chi connectivity index (χ4v) is 4.35. The lowest BCUT2D eigenvalue weighted by Gasteiger charge is -2.20. The molecule has 2 aromatic rings. The van der Waals surface area contributed by atoms with Crippen molar-refractivity contribution in [2.75, 3.05) is 6.61 Å². The molecule has 0 bridgehead atoms. The molecule has 0 saturated heterocycles. The number of unbranched alkanes of at least 4 members (excludes halogenated alkanes) is 1. The van der Waals surface area contributed by atoms with Gasteiger partial charge in [-0.15, -0.1) is 0 Å². The van der Waals surface area contributed by atoms with E-state index in [1.807, 2.05) is 31.2 Å². The molecule has 3 N–H and O–H groups in total. The average molecular weight is 453 g/mol. The minimum atomic E-state index is -0.970. The van der Waals surface area contributed by atoms with Crippen LogP contribution in [-0.4, -0.2) is 41.8 Å². The van der Waals surface area contributed by atoms with Crippen molar-refractivity contribution in [1.82, 2.24) is 10.6 Å². The summed E-state index contributed by atoms with van der Waals surface area (Å²) in [7, 11) is 0. The fraction of sp³-hybridized carbons (Fsp3) is 0.423. The average Bonchev–Trinajstić information content (AvgIpc) is 3.09. The van der Waals surface area contributed by atoms with Gasteiger partial charge in [0.1, 0.15) is 6.61 Å². The third kappa shape index (κ3) is 6.57. The van der Waals surface area contributed by atoms with Crippen molar-refractivity contribution in [3.8, 4) is 11.1 Å². The molecule has 7 heteroatoms. The summed E-state index contributed by atoms with van der Waals surface area (Å²) in [5.41, 5.74) is 4.60. The molecule has 0 radical (unpaired) electrons. The lowest BCUT2D eigenvalue weighted by Crippen LogP contribution is -2.42. The Morgan fingerprint density at radius 3 is 2.15 bits per heavy atom. The van der Waals surface area contributed by atoms with E-state index in [0.717, 1.165) is 35.1 Å². The zero-order valence-corrected chi connectivity index (χ0v) is 19.2. The standard InChI is InChI=1S/C26H32N2O5/c1-3-4-9-18(15-24(29)27-17(2)14-25(30)31)28-26(32)33-16-23-21-12-7-5-10-19(21)20-11-6-8-13-22(20)23/h5-8,10-13,17-18,23H,3-4,9,14-16H2,1-2H3,(H,27,29)(H,28,32)(H,30,31)/t17-,18?/m1/s1. The number of rotatable bonds is 11. The molecule has 0 saturated carbocycles. The highest BCUT2D eigenvalue weighted by Gasteiger charge is 2.29. The van der Waals surface area contributed by atoms with Gasteiger partial charge in [-0.3, -0.25) is 9.59 Å². The number of carbonyl (C=O) groups excluding carboxylic acids is 2. The number of aliphatic carboxylic acids is 1. The summed E-state index contributed by atoms with van der Waals surface area (Å²) in [5, 5.41) is 14.4. The van der Waals surface area contributed by atoms with Gasteiger partial charge >= 0.3 is 12.1 Å². The number of carbonyl (C=O) groups is 3. The summed E-state index contributed by atoms with van der Waals surface area (Å²) < 4.78 is 5.61. The van der Waals surface area contributed by atoms with Crippen LogP contribution in [-0.2, 0) is 14.3 Å². The lowest BCUT2D eigenvalue weighted by atomic mass is 9.98. The monoisotopic (exact) mass is 452 g/mol. The van der Waals surface area contributed by atoms with E-state index in [9.17, 15) is 14.4 Å². The Morgan fingerprint density at radius 2 is 1.58 bits per heavy atom. The Kier molecular flexibility index (Phi) is 8.46. The topological polar surface area (TPSA) is 105 Å². The fourth-order valence-electron chi connectivity index (χ4n) is 4.35. The third-order valence-electron chi connectivity index (χ3n) is 5.89. The number of nitrogens with one attached hydrogen (secondary N) is 2. The molecular formula is C26H32N2O5. The Morgan fingerprint density at radius 1 is 0.970 bits per heavy atom. The van der Waals surface area contributed by atoms with Crippen LogP contribution in [0, 0.1) is 0 Å². The predicted molar refractivity (Wildman–Crippen MR) is 126 cm³/mol. The van der Waals surface area contributed by atoms with Crippen molar-refractivity contribution in [2.45, 2.75) is 64.0 Å². The van der Waals surface area contributed by atoms with Crippen LogP contribution in [0.1, 0.15) is 63.0 Å². The molecule has 0 aliphatic heterocycles. The maximum atomic E-state index is 12.6. The first-order valence-electron chi connectivity index (χ1n) is 11.5. The SMILES string of the molecule is CCCCC(CC(=O)N[C@H](C)CC(=O)O)NC(=O)OCC1c2ccccc2-c2ccccc21. The summed E-state index contributed by atoms with van der Waals surface area (Å²) in [6.07, 6.45) is 1.80. The zero-order valence-electron chi connectivity index (χ0n) is 19.2. The normalized spacial score (nSPS) is 14.0. The van der Waals surface area contributed by atoms with Crippen LogP contribution in [0.3, 0.4) is 0 Å². The van der Waals surface area contributed by atoms with Gasteiger partial charge in [-0.1, -0.05) is 68.3 Å². The van der Waals surface area contributed by atoms with Crippen LogP contribution in [0.4, 0.5) is 4.79 Å². The molecule has 2 atom stereocenters. The number of amides is 2. The number of ether oxygens (including phenoxy) is 1. The molecule has 0 aromatic heterocycles. The summed E-state index contributed by atoms with van der Waals surface area (Å²) in [5.74, 6) is -1.29. The first kappa shape index (κ1) is 24.3. The number of hydrogen-bond donors (Lipinski definition) is 3. The van der Waals surface area contributed by atoms with Gasteiger partial charge in [-0.05, 0) is 35.6 Å². The number of benzene rings is 2. The van der Waals surface area contributed by atoms with Crippen LogP contribution in [0.5, 0.6) is 0 Å². The molecule has 1 aliphatic carbocycles. The van der Waals surface area contributed by atoms with Crippen LogP contribution >= 0.6 is 0 Å². The van der Waals surface area contributed by atoms with Gasteiger partial charge in [0.15, 0.2) is 0 Å². The minimum Gasteiger partial charge on any atom is -0.481 e.